The van der Waals surface area contributed by atoms with Crippen molar-refractivity contribution >= 4 is 5.91 Å². The highest BCUT2D eigenvalue weighted by Gasteiger charge is 2.25. The van der Waals surface area contributed by atoms with Crippen LogP contribution in [0.4, 0.5) is 0 Å². The first kappa shape index (κ1) is 19.9. The molecule has 0 aliphatic carbocycles. The second-order valence-corrected chi connectivity index (χ2v) is 7.79. The number of rotatable bonds is 7. The van der Waals surface area contributed by atoms with Crippen molar-refractivity contribution in [2.45, 2.75) is 45.8 Å². The van der Waals surface area contributed by atoms with Crippen molar-refractivity contribution in [3.63, 3.8) is 0 Å². The van der Waals surface area contributed by atoms with Gasteiger partial charge in [-0.1, -0.05) is 26.0 Å². The van der Waals surface area contributed by atoms with Gasteiger partial charge in [0.2, 0.25) is 0 Å². The van der Waals surface area contributed by atoms with Crippen molar-refractivity contribution < 1.29 is 15.0 Å². The van der Waals surface area contributed by atoms with Gasteiger partial charge in [-0.25, -0.2) is 0 Å². The fourth-order valence-electron chi connectivity index (χ4n) is 2.91. The van der Waals surface area contributed by atoms with E-state index < -0.39 is 5.60 Å². The molecule has 1 aliphatic heterocycles. The molecule has 5 heteroatoms. The quantitative estimate of drug-likeness (QED) is 0.705. The van der Waals surface area contributed by atoms with Crippen molar-refractivity contribution in [1.82, 2.24) is 10.2 Å². The van der Waals surface area contributed by atoms with Crippen LogP contribution < -0.4 is 5.32 Å². The predicted molar refractivity (Wildman–Crippen MR) is 99.3 cm³/mol. The fraction of sp³-hybridized carbons (Fsp3) is 0.650. The molecule has 5 nitrogen and oxygen atoms in total. The molecule has 3 N–H and O–H groups in total. The molecule has 0 radical (unpaired) electrons. The van der Waals surface area contributed by atoms with Crippen LogP contribution in [0.2, 0.25) is 0 Å². The minimum Gasteiger partial charge on any atom is -0.396 e. The molecule has 1 amide bonds. The van der Waals surface area contributed by atoms with Crippen LogP contribution in [0.1, 0.15) is 49.5 Å². The SMILES string of the molecule is CC(C)C(C)(O)CNC(=O)c1ccc(CN2CCC(CO)CC2)cc1. The lowest BCUT2D eigenvalue weighted by molar-refractivity contribution is 0.0142. The number of nitrogens with one attached hydrogen (secondary N) is 1. The number of nitrogens with zero attached hydrogens (tertiary/aromatic N) is 1. The van der Waals surface area contributed by atoms with Gasteiger partial charge in [-0.2, -0.15) is 0 Å². The summed E-state index contributed by atoms with van der Waals surface area (Å²) in [6.07, 6.45) is 2.10. The minimum atomic E-state index is -0.906. The maximum atomic E-state index is 12.2. The van der Waals surface area contributed by atoms with Crippen molar-refractivity contribution in [3.8, 4) is 0 Å². The van der Waals surface area contributed by atoms with Crippen molar-refractivity contribution in [2.75, 3.05) is 26.2 Å². The van der Waals surface area contributed by atoms with Crippen LogP contribution in [-0.2, 0) is 6.54 Å². The van der Waals surface area contributed by atoms with Gasteiger partial charge in [0.1, 0.15) is 0 Å². The molecule has 0 spiro atoms. The number of benzene rings is 1. The predicted octanol–water partition coefficient (Wildman–Crippen LogP) is 2.03. The van der Waals surface area contributed by atoms with Gasteiger partial charge >= 0.3 is 0 Å². The summed E-state index contributed by atoms with van der Waals surface area (Å²) in [5.74, 6) is 0.367. The Kier molecular flexibility index (Phi) is 6.99. The zero-order valence-electron chi connectivity index (χ0n) is 15.7. The van der Waals surface area contributed by atoms with E-state index in [9.17, 15) is 15.0 Å². The largest absolute Gasteiger partial charge is 0.396 e. The van der Waals surface area contributed by atoms with Crippen molar-refractivity contribution in [1.29, 1.82) is 0 Å². The zero-order chi connectivity index (χ0) is 18.4. The lowest BCUT2D eigenvalue weighted by atomic mass is 9.92. The summed E-state index contributed by atoms with van der Waals surface area (Å²) in [6.45, 7) is 9.04. The summed E-state index contributed by atoms with van der Waals surface area (Å²) in [7, 11) is 0. The van der Waals surface area contributed by atoms with Crippen LogP contribution >= 0.6 is 0 Å². The molecule has 1 unspecified atom stereocenters. The molecule has 140 valence electrons. The van der Waals surface area contributed by atoms with E-state index in [1.807, 2.05) is 38.1 Å². The van der Waals surface area contributed by atoms with E-state index >= 15 is 0 Å². The molecule has 1 atom stereocenters. The molecule has 2 rings (SSSR count). The van der Waals surface area contributed by atoms with Gasteiger partial charge in [-0.05, 0) is 62.4 Å². The first-order valence-corrected chi connectivity index (χ1v) is 9.24. The highest BCUT2D eigenvalue weighted by molar-refractivity contribution is 5.94. The molecule has 1 aromatic rings. The van der Waals surface area contributed by atoms with Crippen LogP contribution in [0.3, 0.4) is 0 Å². The number of carbonyl (C=O) groups is 1. The fourth-order valence-corrected chi connectivity index (χ4v) is 2.91. The molecule has 1 fully saturated rings. The summed E-state index contributed by atoms with van der Waals surface area (Å²) in [4.78, 5) is 14.6. The third-order valence-electron chi connectivity index (χ3n) is 5.44. The molecule has 1 heterocycles. The Morgan fingerprint density at radius 3 is 2.40 bits per heavy atom. The number of aliphatic hydroxyl groups is 2. The van der Waals surface area contributed by atoms with E-state index in [4.69, 9.17) is 0 Å². The number of likely N-dealkylation sites (tertiary alicyclic amines) is 1. The Labute approximate surface area is 151 Å². The molecular weight excluding hydrogens is 316 g/mol. The van der Waals surface area contributed by atoms with Crippen LogP contribution in [0.5, 0.6) is 0 Å². The number of hydrogen-bond donors (Lipinski definition) is 3. The Bertz CT molecular complexity index is 547. The van der Waals surface area contributed by atoms with Crippen molar-refractivity contribution in [2.24, 2.45) is 11.8 Å². The van der Waals surface area contributed by atoms with Crippen molar-refractivity contribution in [3.05, 3.63) is 35.4 Å². The Morgan fingerprint density at radius 2 is 1.88 bits per heavy atom. The van der Waals surface area contributed by atoms with E-state index in [1.54, 1.807) is 6.92 Å². The molecule has 0 aromatic heterocycles. The Hall–Kier alpha value is -1.43. The number of piperidine rings is 1. The number of amides is 1. The van der Waals surface area contributed by atoms with Gasteiger partial charge in [-0.15, -0.1) is 0 Å². The van der Waals surface area contributed by atoms with Crippen LogP contribution in [0, 0.1) is 11.8 Å². The number of aliphatic hydroxyl groups excluding tert-OH is 1. The summed E-state index contributed by atoms with van der Waals surface area (Å²) in [5.41, 5.74) is 0.895. The Morgan fingerprint density at radius 1 is 1.28 bits per heavy atom. The summed E-state index contributed by atoms with van der Waals surface area (Å²) >= 11 is 0. The zero-order valence-corrected chi connectivity index (χ0v) is 15.7. The lowest BCUT2D eigenvalue weighted by Gasteiger charge is -2.31. The van der Waals surface area contributed by atoms with E-state index in [1.165, 1.54) is 5.56 Å². The average Bonchev–Trinajstić information content (AvgIpc) is 2.61. The topological polar surface area (TPSA) is 72.8 Å². The molecule has 1 aromatic carbocycles. The molecule has 1 saturated heterocycles. The van der Waals surface area contributed by atoms with Gasteiger partial charge in [0.25, 0.3) is 5.91 Å². The van der Waals surface area contributed by atoms with E-state index in [0.29, 0.717) is 18.1 Å². The van der Waals surface area contributed by atoms with Gasteiger partial charge in [-0.3, -0.25) is 9.69 Å². The highest BCUT2D eigenvalue weighted by Crippen LogP contribution is 2.19. The van der Waals surface area contributed by atoms with E-state index in [0.717, 1.165) is 32.5 Å². The standard InChI is InChI=1S/C20H32N2O3/c1-15(2)20(3,25)14-21-19(24)18-6-4-16(5-7-18)12-22-10-8-17(13-23)9-11-22/h4-7,15,17,23,25H,8-14H2,1-3H3,(H,21,24). The first-order chi connectivity index (χ1) is 11.8. The van der Waals surface area contributed by atoms with Gasteiger partial charge in [0.15, 0.2) is 0 Å². The summed E-state index contributed by atoms with van der Waals surface area (Å²) in [6, 6.07) is 7.67. The molecule has 0 saturated carbocycles. The third-order valence-corrected chi connectivity index (χ3v) is 5.44. The second kappa shape index (κ2) is 8.79. The highest BCUT2D eigenvalue weighted by atomic mass is 16.3. The van der Waals surface area contributed by atoms with Gasteiger partial charge in [0, 0.05) is 25.3 Å². The lowest BCUT2D eigenvalue weighted by Crippen LogP contribution is -2.44. The maximum Gasteiger partial charge on any atom is 0.251 e. The summed E-state index contributed by atoms with van der Waals surface area (Å²) < 4.78 is 0. The van der Waals surface area contributed by atoms with E-state index in [2.05, 4.69) is 10.2 Å². The van der Waals surface area contributed by atoms with Crippen LogP contribution in [0.25, 0.3) is 0 Å². The monoisotopic (exact) mass is 348 g/mol. The van der Waals surface area contributed by atoms with E-state index in [-0.39, 0.29) is 18.4 Å². The van der Waals surface area contributed by atoms with Crippen LogP contribution in [-0.4, -0.2) is 52.9 Å². The average molecular weight is 348 g/mol. The molecule has 1 aliphatic rings. The van der Waals surface area contributed by atoms with Gasteiger partial charge < -0.3 is 15.5 Å². The third kappa shape index (κ3) is 5.80. The molecule has 25 heavy (non-hydrogen) atoms. The second-order valence-electron chi connectivity index (χ2n) is 7.79. The summed E-state index contributed by atoms with van der Waals surface area (Å²) in [5, 5.41) is 22.2. The number of carbonyl (C=O) groups excluding carboxylic acids is 1. The first-order valence-electron chi connectivity index (χ1n) is 9.24. The smallest absolute Gasteiger partial charge is 0.251 e. The minimum absolute atomic E-state index is 0.0742. The normalized spacial score (nSPS) is 19.0. The number of hydrogen-bond acceptors (Lipinski definition) is 4. The molecular formula is C20H32N2O3. The Balaban J connectivity index is 1.84. The molecule has 0 bridgehead atoms. The maximum absolute atomic E-state index is 12.2. The van der Waals surface area contributed by atoms with Gasteiger partial charge in [0.05, 0.1) is 5.60 Å². The van der Waals surface area contributed by atoms with Crippen LogP contribution in [0.15, 0.2) is 24.3 Å².